The maximum Gasteiger partial charge on any atom is 0.136 e. The Morgan fingerprint density at radius 3 is 2.88 bits per heavy atom. The van der Waals surface area contributed by atoms with E-state index in [0.717, 1.165) is 23.1 Å². The Hall–Kier alpha value is -1.87. The summed E-state index contributed by atoms with van der Waals surface area (Å²) >= 11 is 0. The highest BCUT2D eigenvalue weighted by atomic mass is 16.3. The van der Waals surface area contributed by atoms with Crippen LogP contribution in [0, 0.1) is 0 Å². The SMILES string of the molecule is C=CCN(C)c1nc(CO)cc2ccccc12. The van der Waals surface area contributed by atoms with E-state index in [0.29, 0.717) is 5.69 Å². The molecule has 0 atom stereocenters. The van der Waals surface area contributed by atoms with Crippen LogP contribution in [0.3, 0.4) is 0 Å². The molecule has 2 rings (SSSR count). The average molecular weight is 228 g/mol. The van der Waals surface area contributed by atoms with Crippen molar-refractivity contribution in [3.63, 3.8) is 0 Å². The van der Waals surface area contributed by atoms with Crippen molar-refractivity contribution >= 4 is 16.6 Å². The van der Waals surface area contributed by atoms with E-state index in [9.17, 15) is 5.11 Å². The van der Waals surface area contributed by atoms with Crippen LogP contribution in [0.5, 0.6) is 0 Å². The van der Waals surface area contributed by atoms with E-state index in [4.69, 9.17) is 0 Å². The van der Waals surface area contributed by atoms with Crippen molar-refractivity contribution in [3.8, 4) is 0 Å². The second kappa shape index (κ2) is 4.97. The lowest BCUT2D eigenvalue weighted by Gasteiger charge is -2.19. The number of hydrogen-bond acceptors (Lipinski definition) is 3. The smallest absolute Gasteiger partial charge is 0.136 e. The van der Waals surface area contributed by atoms with E-state index < -0.39 is 0 Å². The number of likely N-dealkylation sites (N-methyl/N-ethyl adjacent to an activating group) is 1. The van der Waals surface area contributed by atoms with Gasteiger partial charge in [-0.1, -0.05) is 30.3 Å². The van der Waals surface area contributed by atoms with Gasteiger partial charge in [0.1, 0.15) is 5.82 Å². The van der Waals surface area contributed by atoms with Crippen molar-refractivity contribution in [3.05, 3.63) is 48.7 Å². The van der Waals surface area contributed by atoms with Crippen molar-refractivity contribution in [2.45, 2.75) is 6.61 Å². The largest absolute Gasteiger partial charge is 0.390 e. The molecule has 2 aromatic rings. The molecule has 0 radical (unpaired) electrons. The second-order valence-electron chi connectivity index (χ2n) is 3.99. The third-order valence-electron chi connectivity index (χ3n) is 2.70. The molecule has 3 heteroatoms. The number of rotatable bonds is 4. The summed E-state index contributed by atoms with van der Waals surface area (Å²) in [7, 11) is 1.97. The van der Waals surface area contributed by atoms with E-state index in [1.54, 1.807) is 0 Å². The first kappa shape index (κ1) is 11.6. The zero-order chi connectivity index (χ0) is 12.3. The first-order valence-corrected chi connectivity index (χ1v) is 5.58. The highest BCUT2D eigenvalue weighted by Gasteiger charge is 2.08. The van der Waals surface area contributed by atoms with Gasteiger partial charge >= 0.3 is 0 Å². The molecular weight excluding hydrogens is 212 g/mol. The first-order chi connectivity index (χ1) is 8.26. The van der Waals surface area contributed by atoms with Gasteiger partial charge in [-0.2, -0.15) is 0 Å². The fourth-order valence-corrected chi connectivity index (χ4v) is 1.89. The molecule has 0 amide bonds. The van der Waals surface area contributed by atoms with E-state index in [-0.39, 0.29) is 6.61 Å². The molecule has 0 saturated heterocycles. The fraction of sp³-hybridized carbons (Fsp3) is 0.214. The summed E-state index contributed by atoms with van der Waals surface area (Å²) < 4.78 is 0. The lowest BCUT2D eigenvalue weighted by atomic mass is 10.1. The molecule has 0 aliphatic heterocycles. The summed E-state index contributed by atoms with van der Waals surface area (Å²) in [4.78, 5) is 6.49. The van der Waals surface area contributed by atoms with Crippen LogP contribution >= 0.6 is 0 Å². The van der Waals surface area contributed by atoms with Crippen LogP contribution in [0.15, 0.2) is 43.0 Å². The van der Waals surface area contributed by atoms with Gasteiger partial charge in [0, 0.05) is 19.0 Å². The molecule has 0 unspecified atom stereocenters. The molecule has 88 valence electrons. The van der Waals surface area contributed by atoms with Crippen molar-refractivity contribution < 1.29 is 5.11 Å². The Bertz CT molecular complexity index is 537. The molecule has 17 heavy (non-hydrogen) atoms. The summed E-state index contributed by atoms with van der Waals surface area (Å²) in [6, 6.07) is 9.97. The zero-order valence-electron chi connectivity index (χ0n) is 9.93. The highest BCUT2D eigenvalue weighted by molar-refractivity contribution is 5.92. The van der Waals surface area contributed by atoms with Gasteiger partial charge < -0.3 is 10.0 Å². The van der Waals surface area contributed by atoms with Crippen LogP contribution in [0.25, 0.3) is 10.8 Å². The predicted molar refractivity (Wildman–Crippen MR) is 71.1 cm³/mol. The molecule has 0 aliphatic rings. The number of nitrogens with zero attached hydrogens (tertiary/aromatic N) is 2. The molecule has 1 aromatic heterocycles. The minimum absolute atomic E-state index is 0.0419. The molecule has 0 saturated carbocycles. The van der Waals surface area contributed by atoms with Gasteiger partial charge in [0.05, 0.1) is 12.3 Å². The van der Waals surface area contributed by atoms with Crippen LogP contribution in [0.1, 0.15) is 5.69 Å². The summed E-state index contributed by atoms with van der Waals surface area (Å²) in [5, 5.41) is 11.4. The van der Waals surface area contributed by atoms with Crippen LogP contribution in [0.2, 0.25) is 0 Å². The predicted octanol–water partition coefficient (Wildman–Crippen LogP) is 2.35. The normalized spacial score (nSPS) is 10.5. The van der Waals surface area contributed by atoms with Gasteiger partial charge in [0.2, 0.25) is 0 Å². The Morgan fingerprint density at radius 2 is 2.18 bits per heavy atom. The quantitative estimate of drug-likeness (QED) is 0.816. The van der Waals surface area contributed by atoms with E-state index in [1.807, 2.05) is 48.4 Å². The number of aliphatic hydroxyl groups excluding tert-OH is 1. The topological polar surface area (TPSA) is 36.4 Å². The van der Waals surface area contributed by atoms with E-state index >= 15 is 0 Å². The van der Waals surface area contributed by atoms with E-state index in [2.05, 4.69) is 11.6 Å². The number of aliphatic hydroxyl groups is 1. The Balaban J connectivity index is 2.61. The number of fused-ring (bicyclic) bond motifs is 1. The Labute approximate surface area is 101 Å². The molecule has 0 aliphatic carbocycles. The molecule has 1 aromatic carbocycles. The maximum atomic E-state index is 9.23. The third-order valence-corrected chi connectivity index (χ3v) is 2.70. The van der Waals surface area contributed by atoms with Crippen molar-refractivity contribution in [2.75, 3.05) is 18.5 Å². The van der Waals surface area contributed by atoms with Crippen LogP contribution in [-0.4, -0.2) is 23.7 Å². The van der Waals surface area contributed by atoms with Gasteiger partial charge in [0.15, 0.2) is 0 Å². The van der Waals surface area contributed by atoms with Gasteiger partial charge in [-0.05, 0) is 11.5 Å². The van der Waals surface area contributed by atoms with Gasteiger partial charge in [-0.15, -0.1) is 6.58 Å². The number of benzene rings is 1. The Morgan fingerprint density at radius 1 is 1.41 bits per heavy atom. The minimum atomic E-state index is -0.0419. The monoisotopic (exact) mass is 228 g/mol. The van der Waals surface area contributed by atoms with Crippen LogP contribution < -0.4 is 4.90 Å². The molecule has 1 N–H and O–H groups in total. The number of pyridine rings is 1. The summed E-state index contributed by atoms with van der Waals surface area (Å²) in [6.07, 6.45) is 1.84. The lowest BCUT2D eigenvalue weighted by molar-refractivity contribution is 0.277. The van der Waals surface area contributed by atoms with Crippen molar-refractivity contribution in [1.29, 1.82) is 0 Å². The van der Waals surface area contributed by atoms with Gasteiger partial charge in [0.25, 0.3) is 0 Å². The van der Waals surface area contributed by atoms with E-state index in [1.165, 1.54) is 0 Å². The van der Waals surface area contributed by atoms with Crippen LogP contribution in [-0.2, 0) is 6.61 Å². The molecule has 3 nitrogen and oxygen atoms in total. The molecular formula is C14H16N2O. The second-order valence-corrected chi connectivity index (χ2v) is 3.99. The third kappa shape index (κ3) is 2.29. The summed E-state index contributed by atoms with van der Waals surface area (Å²) in [5.74, 6) is 0.882. The lowest BCUT2D eigenvalue weighted by Crippen LogP contribution is -2.18. The van der Waals surface area contributed by atoms with Crippen LogP contribution in [0.4, 0.5) is 5.82 Å². The Kier molecular flexibility index (Phi) is 3.40. The summed E-state index contributed by atoms with van der Waals surface area (Å²) in [6.45, 7) is 4.42. The minimum Gasteiger partial charge on any atom is -0.390 e. The van der Waals surface area contributed by atoms with Crippen molar-refractivity contribution in [2.24, 2.45) is 0 Å². The van der Waals surface area contributed by atoms with Crippen molar-refractivity contribution in [1.82, 2.24) is 4.98 Å². The van der Waals surface area contributed by atoms with Gasteiger partial charge in [-0.25, -0.2) is 4.98 Å². The molecule has 0 spiro atoms. The summed E-state index contributed by atoms with van der Waals surface area (Å²) in [5.41, 5.74) is 0.689. The highest BCUT2D eigenvalue weighted by Crippen LogP contribution is 2.24. The zero-order valence-corrected chi connectivity index (χ0v) is 9.93. The average Bonchev–Trinajstić information content (AvgIpc) is 2.37. The molecule has 1 heterocycles. The number of anilines is 1. The number of aromatic nitrogens is 1. The maximum absolute atomic E-state index is 9.23. The van der Waals surface area contributed by atoms with Gasteiger partial charge in [-0.3, -0.25) is 0 Å². The fourth-order valence-electron chi connectivity index (χ4n) is 1.89. The first-order valence-electron chi connectivity index (χ1n) is 5.58. The molecule has 0 fully saturated rings. The number of hydrogen-bond donors (Lipinski definition) is 1. The standard InChI is InChI=1S/C14H16N2O/c1-3-8-16(2)14-13-7-5-4-6-11(13)9-12(10-17)15-14/h3-7,9,17H,1,8,10H2,2H3. The molecule has 0 bridgehead atoms.